The number of nitrogens with one attached hydrogen (secondary N) is 1. The van der Waals surface area contributed by atoms with Gasteiger partial charge in [0.25, 0.3) is 0 Å². The molecule has 1 aromatic heterocycles. The summed E-state index contributed by atoms with van der Waals surface area (Å²) in [6.45, 7) is 3.00. The molecular formula is C15H19N3. The van der Waals surface area contributed by atoms with E-state index in [0.29, 0.717) is 0 Å². The first kappa shape index (κ1) is 12.6. The van der Waals surface area contributed by atoms with E-state index in [-0.39, 0.29) is 6.17 Å². The molecule has 3 nitrogen and oxygen atoms in total. The zero-order valence-electron chi connectivity index (χ0n) is 10.9. The normalized spacial score (nSPS) is 13.8. The Morgan fingerprint density at radius 3 is 2.50 bits per heavy atom. The van der Waals surface area contributed by atoms with Gasteiger partial charge in [0.15, 0.2) is 0 Å². The monoisotopic (exact) mass is 241 g/mol. The number of hydrogen-bond donors (Lipinski definition) is 1. The minimum Gasteiger partial charge on any atom is -0.347 e. The highest BCUT2D eigenvalue weighted by Gasteiger charge is 2.06. The second kappa shape index (κ2) is 6.17. The van der Waals surface area contributed by atoms with Gasteiger partial charge in [-0.05, 0) is 31.7 Å². The summed E-state index contributed by atoms with van der Waals surface area (Å²) in [6.07, 6.45) is 2.03. The van der Waals surface area contributed by atoms with Gasteiger partial charge in [0.05, 0.1) is 0 Å². The Bertz CT molecular complexity index is 513. The molecule has 0 spiro atoms. The fraction of sp³-hybridized carbons (Fsp3) is 0.267. The molecule has 0 aliphatic heterocycles. The number of benzene rings is 1. The van der Waals surface area contributed by atoms with Gasteiger partial charge >= 0.3 is 0 Å². The van der Waals surface area contributed by atoms with Crippen molar-refractivity contribution in [1.82, 2.24) is 9.88 Å². The summed E-state index contributed by atoms with van der Waals surface area (Å²) < 4.78 is 0. The third-order valence-electron chi connectivity index (χ3n) is 2.93. The second-order valence-electron chi connectivity index (χ2n) is 4.41. The van der Waals surface area contributed by atoms with Gasteiger partial charge in [-0.3, -0.25) is 4.90 Å². The molecule has 3 heteroatoms. The Balaban J connectivity index is 2.04. The Kier molecular flexibility index (Phi) is 4.31. The summed E-state index contributed by atoms with van der Waals surface area (Å²) in [6, 6.07) is 16.4. The van der Waals surface area contributed by atoms with Crippen LogP contribution in [-0.4, -0.2) is 23.1 Å². The summed E-state index contributed by atoms with van der Waals surface area (Å²) in [7, 11) is 2.09. The number of H-pyrrole nitrogens is 1. The van der Waals surface area contributed by atoms with Gasteiger partial charge < -0.3 is 4.98 Å². The van der Waals surface area contributed by atoms with Crippen LogP contribution >= 0.6 is 0 Å². The SMILES string of the molecule is CC(/N=c1\cccc[nH]1)N(C)Cc1ccccc1. The summed E-state index contributed by atoms with van der Waals surface area (Å²) in [5, 5.41) is 0. The molecule has 1 aromatic carbocycles. The van der Waals surface area contributed by atoms with Crippen molar-refractivity contribution in [2.45, 2.75) is 19.6 Å². The Morgan fingerprint density at radius 1 is 1.11 bits per heavy atom. The first-order valence-corrected chi connectivity index (χ1v) is 6.17. The van der Waals surface area contributed by atoms with E-state index in [2.05, 4.69) is 53.1 Å². The molecule has 1 unspecified atom stereocenters. The van der Waals surface area contributed by atoms with E-state index in [1.165, 1.54) is 5.56 Å². The van der Waals surface area contributed by atoms with Crippen LogP contribution < -0.4 is 5.49 Å². The van der Waals surface area contributed by atoms with Crippen molar-refractivity contribution in [3.63, 3.8) is 0 Å². The maximum absolute atomic E-state index is 4.63. The van der Waals surface area contributed by atoms with Crippen LogP contribution in [0, 0.1) is 0 Å². The van der Waals surface area contributed by atoms with Crippen LogP contribution in [0.3, 0.4) is 0 Å². The van der Waals surface area contributed by atoms with E-state index >= 15 is 0 Å². The molecule has 18 heavy (non-hydrogen) atoms. The molecule has 1 atom stereocenters. The Morgan fingerprint density at radius 2 is 1.83 bits per heavy atom. The quantitative estimate of drug-likeness (QED) is 0.875. The highest BCUT2D eigenvalue weighted by molar-refractivity contribution is 5.14. The highest BCUT2D eigenvalue weighted by Crippen LogP contribution is 2.05. The van der Waals surface area contributed by atoms with E-state index in [9.17, 15) is 0 Å². The predicted molar refractivity (Wildman–Crippen MR) is 73.7 cm³/mol. The van der Waals surface area contributed by atoms with Gasteiger partial charge in [0.2, 0.25) is 0 Å². The molecule has 0 saturated heterocycles. The van der Waals surface area contributed by atoms with Crippen LogP contribution in [0.4, 0.5) is 0 Å². The van der Waals surface area contributed by atoms with Crippen molar-refractivity contribution in [1.29, 1.82) is 0 Å². The van der Waals surface area contributed by atoms with Crippen LogP contribution in [0.2, 0.25) is 0 Å². The average molecular weight is 241 g/mol. The number of pyridine rings is 1. The lowest BCUT2D eigenvalue weighted by molar-refractivity contribution is 0.252. The van der Waals surface area contributed by atoms with Crippen LogP contribution in [-0.2, 0) is 6.54 Å². The van der Waals surface area contributed by atoms with E-state index in [1.807, 2.05) is 30.5 Å². The zero-order valence-corrected chi connectivity index (χ0v) is 10.9. The van der Waals surface area contributed by atoms with Gasteiger partial charge in [-0.15, -0.1) is 0 Å². The molecular weight excluding hydrogens is 222 g/mol. The molecule has 0 bridgehead atoms. The van der Waals surface area contributed by atoms with Crippen molar-refractivity contribution in [3.05, 3.63) is 65.8 Å². The lowest BCUT2D eigenvalue weighted by Crippen LogP contribution is -2.29. The van der Waals surface area contributed by atoms with Crippen molar-refractivity contribution in [3.8, 4) is 0 Å². The number of nitrogens with zero attached hydrogens (tertiary/aromatic N) is 2. The summed E-state index contributed by atoms with van der Waals surface area (Å²) >= 11 is 0. The van der Waals surface area contributed by atoms with Gasteiger partial charge in [-0.25, -0.2) is 4.99 Å². The van der Waals surface area contributed by atoms with Gasteiger partial charge in [-0.2, -0.15) is 0 Å². The third kappa shape index (κ3) is 3.57. The van der Waals surface area contributed by atoms with Crippen molar-refractivity contribution in [2.75, 3.05) is 7.05 Å². The first-order valence-electron chi connectivity index (χ1n) is 6.17. The van der Waals surface area contributed by atoms with Crippen molar-refractivity contribution < 1.29 is 0 Å². The molecule has 2 rings (SSSR count). The van der Waals surface area contributed by atoms with Gasteiger partial charge in [-0.1, -0.05) is 36.4 Å². The van der Waals surface area contributed by atoms with Crippen molar-refractivity contribution >= 4 is 0 Å². The molecule has 94 valence electrons. The number of hydrogen-bond acceptors (Lipinski definition) is 2. The molecule has 0 saturated carbocycles. The molecule has 1 heterocycles. The van der Waals surface area contributed by atoms with Gasteiger partial charge in [0, 0.05) is 12.7 Å². The van der Waals surface area contributed by atoms with Crippen LogP contribution in [0.15, 0.2) is 59.7 Å². The fourth-order valence-corrected chi connectivity index (χ4v) is 1.77. The van der Waals surface area contributed by atoms with Gasteiger partial charge in [0.1, 0.15) is 11.7 Å². The van der Waals surface area contributed by atoms with E-state index < -0.39 is 0 Å². The average Bonchev–Trinajstić information content (AvgIpc) is 2.41. The maximum atomic E-state index is 4.63. The van der Waals surface area contributed by atoms with Crippen LogP contribution in [0.1, 0.15) is 12.5 Å². The predicted octanol–water partition coefficient (Wildman–Crippen LogP) is 2.39. The molecule has 0 aliphatic rings. The van der Waals surface area contributed by atoms with Crippen LogP contribution in [0.25, 0.3) is 0 Å². The lowest BCUT2D eigenvalue weighted by Gasteiger charge is -2.21. The maximum Gasteiger partial charge on any atom is 0.126 e. The zero-order chi connectivity index (χ0) is 12.8. The third-order valence-corrected chi connectivity index (χ3v) is 2.93. The Hall–Kier alpha value is -1.87. The van der Waals surface area contributed by atoms with Crippen molar-refractivity contribution in [2.24, 2.45) is 4.99 Å². The first-order chi connectivity index (χ1) is 8.75. The molecule has 1 N–H and O–H groups in total. The smallest absolute Gasteiger partial charge is 0.126 e. The molecule has 0 aliphatic carbocycles. The minimum absolute atomic E-state index is 0.142. The van der Waals surface area contributed by atoms with E-state index in [4.69, 9.17) is 0 Å². The van der Waals surface area contributed by atoms with Crippen LogP contribution in [0.5, 0.6) is 0 Å². The molecule has 0 fully saturated rings. The molecule has 0 amide bonds. The Labute approximate surface area is 108 Å². The second-order valence-corrected chi connectivity index (χ2v) is 4.41. The summed E-state index contributed by atoms with van der Waals surface area (Å²) in [5.41, 5.74) is 2.21. The van der Waals surface area contributed by atoms with E-state index in [0.717, 1.165) is 12.0 Å². The topological polar surface area (TPSA) is 31.4 Å². The highest BCUT2D eigenvalue weighted by atomic mass is 15.2. The molecule has 2 aromatic rings. The fourth-order valence-electron chi connectivity index (χ4n) is 1.77. The largest absolute Gasteiger partial charge is 0.347 e. The molecule has 0 radical (unpaired) electrons. The standard InChI is InChI=1S/C15H19N3/c1-13(17-15-10-6-7-11-16-15)18(2)12-14-8-4-3-5-9-14/h3-11,13H,12H2,1-2H3,(H,16,17). The lowest BCUT2D eigenvalue weighted by atomic mass is 10.2. The summed E-state index contributed by atoms with van der Waals surface area (Å²) in [5.74, 6) is 0. The number of aromatic amines is 1. The minimum atomic E-state index is 0.142. The summed E-state index contributed by atoms with van der Waals surface area (Å²) in [4.78, 5) is 9.97. The number of aromatic nitrogens is 1. The number of rotatable bonds is 4. The van der Waals surface area contributed by atoms with E-state index in [1.54, 1.807) is 0 Å².